The van der Waals surface area contributed by atoms with Gasteiger partial charge in [0, 0.05) is 30.1 Å². The number of rotatable bonds is 4. The summed E-state index contributed by atoms with van der Waals surface area (Å²) < 4.78 is 0. The Morgan fingerprint density at radius 1 is 1.04 bits per heavy atom. The van der Waals surface area contributed by atoms with Crippen LogP contribution in [-0.2, 0) is 6.54 Å². The van der Waals surface area contributed by atoms with E-state index in [4.69, 9.17) is 0 Å². The molecule has 1 fully saturated rings. The second kappa shape index (κ2) is 7.97. The van der Waals surface area contributed by atoms with E-state index < -0.39 is 0 Å². The molecule has 0 unspecified atom stereocenters. The molecule has 3 rings (SSSR count). The molecule has 0 aromatic heterocycles. The van der Waals surface area contributed by atoms with E-state index in [9.17, 15) is 4.79 Å². The number of quaternary nitrogens is 1. The summed E-state index contributed by atoms with van der Waals surface area (Å²) >= 11 is 0. The molecule has 1 aliphatic rings. The van der Waals surface area contributed by atoms with E-state index in [-0.39, 0.29) is 12.1 Å². The minimum absolute atomic E-state index is 0.0965. The van der Waals surface area contributed by atoms with Crippen LogP contribution in [0.15, 0.2) is 54.6 Å². The molecule has 2 aromatic carbocycles. The summed E-state index contributed by atoms with van der Waals surface area (Å²) in [6, 6.07) is 18.6. The number of aryl methyl sites for hydroxylation is 1. The Labute approximate surface area is 143 Å². The lowest BCUT2D eigenvalue weighted by Gasteiger charge is -2.29. The molecule has 24 heavy (non-hydrogen) atoms. The van der Waals surface area contributed by atoms with Gasteiger partial charge in [0.05, 0.1) is 13.1 Å². The molecular formula is C20H26N3O+. The van der Waals surface area contributed by atoms with E-state index in [0.29, 0.717) is 0 Å². The largest absolute Gasteiger partial charge is 0.335 e. The number of carbonyl (C=O) groups is 1. The number of hydrogen-bond donors (Lipinski definition) is 3. The highest BCUT2D eigenvalue weighted by atomic mass is 16.2. The van der Waals surface area contributed by atoms with Crippen LogP contribution in [0.2, 0.25) is 0 Å². The first kappa shape index (κ1) is 16.5. The van der Waals surface area contributed by atoms with E-state index >= 15 is 0 Å². The first-order chi connectivity index (χ1) is 11.7. The van der Waals surface area contributed by atoms with E-state index in [2.05, 4.69) is 41.0 Å². The second-order valence-corrected chi connectivity index (χ2v) is 6.60. The van der Waals surface area contributed by atoms with Crippen LogP contribution in [0, 0.1) is 6.92 Å². The molecule has 4 heteroatoms. The Kier molecular flexibility index (Phi) is 5.49. The van der Waals surface area contributed by atoms with Crippen LogP contribution in [0.4, 0.5) is 10.5 Å². The molecular weight excluding hydrogens is 298 g/mol. The van der Waals surface area contributed by atoms with Crippen molar-refractivity contribution in [1.82, 2.24) is 5.32 Å². The van der Waals surface area contributed by atoms with E-state index in [0.717, 1.165) is 43.7 Å². The molecule has 1 saturated heterocycles. The SMILES string of the molecule is Cc1ccccc1NC(=O)NC1CC[NH+](Cc2ccccc2)CC1. The summed E-state index contributed by atoms with van der Waals surface area (Å²) in [6.07, 6.45) is 2.06. The number of piperidine rings is 1. The monoisotopic (exact) mass is 324 g/mol. The van der Waals surface area contributed by atoms with Crippen molar-refractivity contribution in [2.24, 2.45) is 0 Å². The quantitative estimate of drug-likeness (QED) is 0.794. The topological polar surface area (TPSA) is 45.6 Å². The molecule has 0 bridgehead atoms. The Morgan fingerprint density at radius 2 is 1.71 bits per heavy atom. The van der Waals surface area contributed by atoms with Crippen LogP contribution in [0.5, 0.6) is 0 Å². The average Bonchev–Trinajstić information content (AvgIpc) is 2.60. The lowest BCUT2D eigenvalue weighted by molar-refractivity contribution is -0.918. The summed E-state index contributed by atoms with van der Waals surface area (Å²) in [4.78, 5) is 13.8. The summed E-state index contributed by atoms with van der Waals surface area (Å²) in [6.45, 7) is 5.28. The van der Waals surface area contributed by atoms with Crippen molar-refractivity contribution in [3.05, 3.63) is 65.7 Å². The zero-order chi connectivity index (χ0) is 16.8. The van der Waals surface area contributed by atoms with Gasteiger partial charge >= 0.3 is 6.03 Å². The number of urea groups is 1. The van der Waals surface area contributed by atoms with Gasteiger partial charge in [-0.3, -0.25) is 0 Å². The number of hydrogen-bond acceptors (Lipinski definition) is 1. The Balaban J connectivity index is 1.43. The highest BCUT2D eigenvalue weighted by molar-refractivity contribution is 5.90. The van der Waals surface area contributed by atoms with Crippen molar-refractivity contribution in [3.8, 4) is 0 Å². The van der Waals surface area contributed by atoms with Crippen molar-refractivity contribution in [1.29, 1.82) is 0 Å². The summed E-state index contributed by atoms with van der Waals surface area (Å²) in [5.41, 5.74) is 3.34. The minimum atomic E-state index is -0.0965. The highest BCUT2D eigenvalue weighted by Crippen LogP contribution is 2.13. The van der Waals surface area contributed by atoms with E-state index in [1.807, 2.05) is 31.2 Å². The zero-order valence-corrected chi connectivity index (χ0v) is 14.2. The molecule has 0 aliphatic carbocycles. The van der Waals surface area contributed by atoms with Crippen molar-refractivity contribution < 1.29 is 9.69 Å². The van der Waals surface area contributed by atoms with E-state index in [1.54, 1.807) is 4.90 Å². The number of nitrogens with one attached hydrogen (secondary N) is 3. The maximum atomic E-state index is 12.2. The van der Waals surface area contributed by atoms with Crippen LogP contribution in [0.3, 0.4) is 0 Å². The predicted octanol–water partition coefficient (Wildman–Crippen LogP) is 2.36. The van der Waals surface area contributed by atoms with Gasteiger partial charge in [0.25, 0.3) is 0 Å². The van der Waals surface area contributed by atoms with Crippen molar-refractivity contribution in [2.45, 2.75) is 32.4 Å². The first-order valence-corrected chi connectivity index (χ1v) is 8.71. The fourth-order valence-corrected chi connectivity index (χ4v) is 3.29. The lowest BCUT2D eigenvalue weighted by atomic mass is 10.0. The molecule has 1 aliphatic heterocycles. The maximum absolute atomic E-state index is 12.2. The number of benzene rings is 2. The number of likely N-dealkylation sites (tertiary alicyclic amines) is 1. The van der Waals surface area contributed by atoms with Gasteiger partial charge in [-0.15, -0.1) is 0 Å². The molecule has 126 valence electrons. The zero-order valence-electron chi connectivity index (χ0n) is 14.2. The van der Waals surface area contributed by atoms with Crippen LogP contribution in [0.25, 0.3) is 0 Å². The van der Waals surface area contributed by atoms with Crippen molar-refractivity contribution in [3.63, 3.8) is 0 Å². The maximum Gasteiger partial charge on any atom is 0.319 e. The minimum Gasteiger partial charge on any atom is -0.335 e. The Hall–Kier alpha value is -2.33. The molecule has 0 spiro atoms. The van der Waals surface area contributed by atoms with Crippen molar-refractivity contribution in [2.75, 3.05) is 18.4 Å². The van der Waals surface area contributed by atoms with Gasteiger partial charge in [0.2, 0.25) is 0 Å². The summed E-state index contributed by atoms with van der Waals surface area (Å²) in [7, 11) is 0. The van der Waals surface area contributed by atoms with Crippen LogP contribution in [-0.4, -0.2) is 25.2 Å². The molecule has 3 N–H and O–H groups in total. The molecule has 0 radical (unpaired) electrons. The molecule has 0 atom stereocenters. The summed E-state index contributed by atoms with van der Waals surface area (Å²) in [5, 5.41) is 6.07. The highest BCUT2D eigenvalue weighted by Gasteiger charge is 2.23. The van der Waals surface area contributed by atoms with Gasteiger partial charge in [0.15, 0.2) is 0 Å². The standard InChI is InChI=1S/C20H25N3O/c1-16-7-5-6-10-19(16)22-20(24)21-18-11-13-23(14-12-18)15-17-8-3-2-4-9-17/h2-10,18H,11-15H2,1H3,(H2,21,22,24)/p+1. The summed E-state index contributed by atoms with van der Waals surface area (Å²) in [5.74, 6) is 0. The third-order valence-electron chi connectivity index (χ3n) is 4.72. The second-order valence-electron chi connectivity index (χ2n) is 6.60. The fourth-order valence-electron chi connectivity index (χ4n) is 3.29. The average molecular weight is 324 g/mol. The molecule has 1 heterocycles. The van der Waals surface area contributed by atoms with Crippen molar-refractivity contribution >= 4 is 11.7 Å². The van der Waals surface area contributed by atoms with Crippen LogP contribution >= 0.6 is 0 Å². The molecule has 2 aromatic rings. The van der Waals surface area contributed by atoms with Gasteiger partial charge in [-0.1, -0.05) is 48.5 Å². The molecule has 4 nitrogen and oxygen atoms in total. The van der Waals surface area contributed by atoms with Gasteiger partial charge in [-0.2, -0.15) is 0 Å². The normalized spacial score (nSPS) is 20.4. The van der Waals surface area contributed by atoms with Gasteiger partial charge in [0.1, 0.15) is 6.54 Å². The molecule has 0 saturated carbocycles. The third kappa shape index (κ3) is 4.59. The Bertz CT molecular complexity index is 664. The predicted molar refractivity (Wildman–Crippen MR) is 97.2 cm³/mol. The third-order valence-corrected chi connectivity index (χ3v) is 4.72. The Morgan fingerprint density at radius 3 is 2.42 bits per heavy atom. The van der Waals surface area contributed by atoms with Gasteiger partial charge in [-0.25, -0.2) is 4.79 Å². The van der Waals surface area contributed by atoms with Gasteiger partial charge < -0.3 is 15.5 Å². The number of carbonyl (C=O) groups excluding carboxylic acids is 1. The number of amides is 2. The fraction of sp³-hybridized carbons (Fsp3) is 0.350. The lowest BCUT2D eigenvalue weighted by Crippen LogP contribution is -3.12. The smallest absolute Gasteiger partial charge is 0.319 e. The number of para-hydroxylation sites is 1. The van der Waals surface area contributed by atoms with Crippen LogP contribution < -0.4 is 15.5 Å². The van der Waals surface area contributed by atoms with Crippen LogP contribution in [0.1, 0.15) is 24.0 Å². The van der Waals surface area contributed by atoms with E-state index in [1.165, 1.54) is 5.56 Å². The first-order valence-electron chi connectivity index (χ1n) is 8.71. The van der Waals surface area contributed by atoms with Gasteiger partial charge in [-0.05, 0) is 18.6 Å². The molecule has 2 amide bonds. The number of anilines is 1.